The average Bonchev–Trinajstić information content (AvgIpc) is 2.78. The first kappa shape index (κ1) is 22.6. The van der Waals surface area contributed by atoms with E-state index in [1.807, 2.05) is 0 Å². The fourth-order valence-electron chi connectivity index (χ4n) is 5.50. The summed E-state index contributed by atoms with van der Waals surface area (Å²) in [6.45, 7) is 8.03. The molecular formula is C26H35N3O3. The molecule has 1 N–H and O–H groups in total. The molecule has 6 nitrogen and oxygen atoms in total. The molecule has 2 fully saturated rings. The monoisotopic (exact) mass is 437 g/mol. The number of amides is 1. The van der Waals surface area contributed by atoms with Gasteiger partial charge in [0.15, 0.2) is 0 Å². The minimum Gasteiger partial charge on any atom is -0.469 e. The van der Waals surface area contributed by atoms with Gasteiger partial charge in [0, 0.05) is 30.4 Å². The Hall–Kier alpha value is -2.63. The van der Waals surface area contributed by atoms with Crippen molar-refractivity contribution in [3.63, 3.8) is 0 Å². The van der Waals surface area contributed by atoms with Gasteiger partial charge in [-0.25, -0.2) is 4.98 Å². The van der Waals surface area contributed by atoms with Crippen molar-refractivity contribution in [2.24, 2.45) is 17.3 Å². The first-order chi connectivity index (χ1) is 15.3. The number of para-hydroxylation sites is 1. The summed E-state index contributed by atoms with van der Waals surface area (Å²) >= 11 is 0. The van der Waals surface area contributed by atoms with E-state index in [0.717, 1.165) is 55.5 Å². The molecule has 2 aromatic rings. The van der Waals surface area contributed by atoms with E-state index in [0.29, 0.717) is 6.42 Å². The zero-order valence-corrected chi connectivity index (χ0v) is 19.7. The number of piperidine rings is 1. The summed E-state index contributed by atoms with van der Waals surface area (Å²) in [6.07, 6.45) is 4.19. The predicted molar refractivity (Wildman–Crippen MR) is 126 cm³/mol. The van der Waals surface area contributed by atoms with Crippen molar-refractivity contribution in [2.75, 3.05) is 25.1 Å². The van der Waals surface area contributed by atoms with Crippen molar-refractivity contribution in [2.45, 2.75) is 58.9 Å². The zero-order valence-electron chi connectivity index (χ0n) is 19.7. The van der Waals surface area contributed by atoms with Crippen LogP contribution in [0.1, 0.15) is 51.5 Å². The fraction of sp³-hybridized carbons (Fsp3) is 0.577. The highest BCUT2D eigenvalue weighted by molar-refractivity contribution is 5.83. The Bertz CT molecular complexity index is 1000. The summed E-state index contributed by atoms with van der Waals surface area (Å²) in [5.41, 5.74) is 2.04. The first-order valence-corrected chi connectivity index (χ1v) is 11.8. The van der Waals surface area contributed by atoms with Crippen molar-refractivity contribution in [3.05, 3.63) is 35.9 Å². The Morgan fingerprint density at radius 2 is 1.97 bits per heavy atom. The number of hydrogen-bond donors (Lipinski definition) is 1. The molecule has 0 unspecified atom stereocenters. The van der Waals surface area contributed by atoms with E-state index in [2.05, 4.69) is 61.3 Å². The van der Waals surface area contributed by atoms with Gasteiger partial charge in [-0.2, -0.15) is 0 Å². The molecule has 1 aromatic heterocycles. The van der Waals surface area contributed by atoms with Crippen molar-refractivity contribution >= 4 is 28.6 Å². The lowest BCUT2D eigenvalue weighted by atomic mass is 9.73. The Morgan fingerprint density at radius 3 is 2.72 bits per heavy atom. The van der Waals surface area contributed by atoms with Gasteiger partial charge in [-0.15, -0.1) is 0 Å². The molecule has 1 aromatic carbocycles. The average molecular weight is 438 g/mol. The molecule has 1 saturated carbocycles. The quantitative estimate of drug-likeness (QED) is 0.725. The van der Waals surface area contributed by atoms with E-state index < -0.39 is 0 Å². The van der Waals surface area contributed by atoms with Gasteiger partial charge < -0.3 is 15.0 Å². The molecule has 2 heterocycles. The Labute approximate surface area is 190 Å². The third-order valence-corrected chi connectivity index (χ3v) is 7.33. The molecule has 1 saturated heterocycles. The summed E-state index contributed by atoms with van der Waals surface area (Å²) in [5.74, 6) is 0.783. The first-order valence-electron chi connectivity index (χ1n) is 11.8. The fourth-order valence-corrected chi connectivity index (χ4v) is 5.50. The van der Waals surface area contributed by atoms with E-state index in [4.69, 9.17) is 9.72 Å². The van der Waals surface area contributed by atoms with E-state index in [9.17, 15) is 9.59 Å². The zero-order chi connectivity index (χ0) is 22.9. The lowest BCUT2D eigenvalue weighted by molar-refractivity contribution is -0.147. The van der Waals surface area contributed by atoms with Crippen molar-refractivity contribution in [1.82, 2.24) is 10.3 Å². The van der Waals surface area contributed by atoms with Crippen LogP contribution >= 0.6 is 0 Å². The number of esters is 1. The maximum absolute atomic E-state index is 13.2. The van der Waals surface area contributed by atoms with E-state index >= 15 is 0 Å². The molecule has 1 aliphatic carbocycles. The van der Waals surface area contributed by atoms with Crippen LogP contribution in [-0.2, 0) is 14.3 Å². The van der Waals surface area contributed by atoms with Crippen LogP contribution in [0.25, 0.3) is 10.9 Å². The van der Waals surface area contributed by atoms with Crippen LogP contribution in [0.15, 0.2) is 30.3 Å². The van der Waals surface area contributed by atoms with Crippen molar-refractivity contribution < 1.29 is 14.3 Å². The predicted octanol–water partition coefficient (Wildman–Crippen LogP) is 4.24. The van der Waals surface area contributed by atoms with Crippen LogP contribution in [0.5, 0.6) is 0 Å². The number of nitrogens with zero attached hydrogens (tertiary/aromatic N) is 2. The Kier molecular flexibility index (Phi) is 6.40. The van der Waals surface area contributed by atoms with Crippen LogP contribution in [0.2, 0.25) is 0 Å². The van der Waals surface area contributed by atoms with Crippen LogP contribution < -0.4 is 10.2 Å². The van der Waals surface area contributed by atoms with Gasteiger partial charge in [0.25, 0.3) is 0 Å². The molecule has 1 aliphatic heterocycles. The molecule has 0 bridgehead atoms. The number of methoxy groups -OCH3 is 1. The Balaban J connectivity index is 1.42. The number of hydrogen-bond acceptors (Lipinski definition) is 5. The van der Waals surface area contributed by atoms with E-state index in [1.54, 1.807) is 0 Å². The van der Waals surface area contributed by atoms with Gasteiger partial charge in [0.05, 0.1) is 18.5 Å². The number of nitrogens with one attached hydrogen (secondary N) is 1. The number of rotatable bonds is 4. The number of pyridine rings is 1. The number of carbonyl (C=O) groups excluding carboxylic acids is 2. The molecule has 0 spiro atoms. The third-order valence-electron chi connectivity index (χ3n) is 7.33. The van der Waals surface area contributed by atoms with Crippen LogP contribution in [0.4, 0.5) is 5.82 Å². The van der Waals surface area contributed by atoms with Gasteiger partial charge in [-0.05, 0) is 55.7 Å². The number of aromatic nitrogens is 1. The molecule has 1 amide bonds. The minimum absolute atomic E-state index is 0.0549. The summed E-state index contributed by atoms with van der Waals surface area (Å²) in [4.78, 5) is 32.4. The second kappa shape index (κ2) is 9.08. The number of aryl methyl sites for hydroxylation is 1. The van der Waals surface area contributed by atoms with Gasteiger partial charge in [0.1, 0.15) is 5.82 Å². The molecule has 32 heavy (non-hydrogen) atoms. The van der Waals surface area contributed by atoms with E-state index in [1.165, 1.54) is 12.7 Å². The van der Waals surface area contributed by atoms with E-state index in [-0.39, 0.29) is 35.2 Å². The molecule has 3 atom stereocenters. The Morgan fingerprint density at radius 1 is 1.16 bits per heavy atom. The smallest absolute Gasteiger partial charge is 0.308 e. The molecular weight excluding hydrogens is 402 g/mol. The van der Waals surface area contributed by atoms with Gasteiger partial charge in [0.2, 0.25) is 5.91 Å². The van der Waals surface area contributed by atoms with Gasteiger partial charge >= 0.3 is 5.97 Å². The normalized spacial score (nSPS) is 25.4. The summed E-state index contributed by atoms with van der Waals surface area (Å²) in [7, 11) is 1.44. The maximum atomic E-state index is 13.2. The number of anilines is 1. The molecule has 6 heteroatoms. The molecule has 0 radical (unpaired) electrons. The number of benzene rings is 1. The summed E-state index contributed by atoms with van der Waals surface area (Å²) in [6, 6.07) is 10.5. The van der Waals surface area contributed by atoms with Gasteiger partial charge in [-0.3, -0.25) is 9.59 Å². The summed E-state index contributed by atoms with van der Waals surface area (Å²) in [5, 5.41) is 4.41. The minimum atomic E-state index is -0.179. The second-order valence-electron chi connectivity index (χ2n) is 10.2. The van der Waals surface area contributed by atoms with Crippen molar-refractivity contribution in [1.29, 1.82) is 0 Å². The second-order valence-corrected chi connectivity index (χ2v) is 10.2. The van der Waals surface area contributed by atoms with Crippen LogP contribution in [-0.4, -0.2) is 43.1 Å². The lowest BCUT2D eigenvalue weighted by Gasteiger charge is -2.44. The van der Waals surface area contributed by atoms with Crippen molar-refractivity contribution in [3.8, 4) is 0 Å². The third kappa shape index (κ3) is 4.59. The standard InChI is InChI=1S/C26H35N3O3/c1-17-7-5-8-18-11-12-22(28-23(17)18)29-14-13-21(26(2,3)16-29)24(30)27-20-10-6-9-19(15-20)25(31)32-4/h5,7-8,11-12,19-21H,6,9-10,13-16H2,1-4H3,(H,27,30)/t19-,20-,21-/m1/s1. The topological polar surface area (TPSA) is 71.5 Å². The highest BCUT2D eigenvalue weighted by Crippen LogP contribution is 2.37. The molecule has 4 rings (SSSR count). The largest absolute Gasteiger partial charge is 0.469 e. The molecule has 172 valence electrons. The number of carbonyl (C=O) groups is 2. The number of ether oxygens (including phenoxy) is 1. The number of fused-ring (bicyclic) bond motifs is 1. The van der Waals surface area contributed by atoms with Gasteiger partial charge in [-0.1, -0.05) is 38.5 Å². The van der Waals surface area contributed by atoms with Crippen LogP contribution in [0, 0.1) is 24.2 Å². The summed E-state index contributed by atoms with van der Waals surface area (Å²) < 4.78 is 4.92. The molecule has 2 aliphatic rings. The lowest BCUT2D eigenvalue weighted by Crippen LogP contribution is -2.53. The highest BCUT2D eigenvalue weighted by atomic mass is 16.5. The highest BCUT2D eigenvalue weighted by Gasteiger charge is 2.41. The SMILES string of the molecule is COC(=O)[C@@H]1CCC[C@@H](NC(=O)[C@H]2CCN(c3ccc4cccc(C)c4n3)CC2(C)C)C1. The maximum Gasteiger partial charge on any atom is 0.308 e. The van der Waals surface area contributed by atoms with Crippen LogP contribution in [0.3, 0.4) is 0 Å².